The summed E-state index contributed by atoms with van der Waals surface area (Å²) in [5.74, 6) is 0.833. The fraction of sp³-hybridized carbons (Fsp3) is 0.294. The lowest BCUT2D eigenvalue weighted by Gasteiger charge is -2.18. The van der Waals surface area contributed by atoms with Crippen molar-refractivity contribution in [1.82, 2.24) is 5.32 Å². The van der Waals surface area contributed by atoms with E-state index in [1.165, 1.54) is 11.1 Å². The number of likely N-dealkylation sites (N-methyl/N-ethyl adjacent to an activating group) is 1. The molecule has 2 aromatic rings. The predicted octanol–water partition coefficient (Wildman–Crippen LogP) is 4.24. The SMILES string of the molecule is CCc1ccc(C(COc2ccc(Cl)cc2)NC)cc1. The molecule has 0 fully saturated rings. The molecule has 106 valence electrons. The summed E-state index contributed by atoms with van der Waals surface area (Å²) in [5, 5.41) is 4.01. The van der Waals surface area contributed by atoms with Gasteiger partial charge in [0.25, 0.3) is 0 Å². The Morgan fingerprint density at radius 2 is 1.70 bits per heavy atom. The van der Waals surface area contributed by atoms with Gasteiger partial charge >= 0.3 is 0 Å². The first-order valence-electron chi connectivity index (χ1n) is 6.87. The van der Waals surface area contributed by atoms with Gasteiger partial charge in [-0.25, -0.2) is 0 Å². The van der Waals surface area contributed by atoms with Crippen LogP contribution in [0.5, 0.6) is 5.75 Å². The molecule has 0 aromatic heterocycles. The van der Waals surface area contributed by atoms with Crippen molar-refractivity contribution in [2.24, 2.45) is 0 Å². The quantitative estimate of drug-likeness (QED) is 0.859. The molecule has 0 saturated carbocycles. The zero-order valence-corrected chi connectivity index (χ0v) is 12.7. The van der Waals surface area contributed by atoms with Crippen LogP contribution in [0, 0.1) is 0 Å². The molecule has 0 aliphatic heterocycles. The number of benzene rings is 2. The zero-order valence-electron chi connectivity index (χ0n) is 11.9. The van der Waals surface area contributed by atoms with E-state index in [0.29, 0.717) is 6.61 Å². The summed E-state index contributed by atoms with van der Waals surface area (Å²) in [6.45, 7) is 2.75. The topological polar surface area (TPSA) is 21.3 Å². The maximum atomic E-state index is 5.86. The van der Waals surface area contributed by atoms with E-state index < -0.39 is 0 Å². The number of ether oxygens (including phenoxy) is 1. The van der Waals surface area contributed by atoms with E-state index in [9.17, 15) is 0 Å². The second kappa shape index (κ2) is 7.32. The van der Waals surface area contributed by atoms with Crippen LogP contribution in [0.3, 0.4) is 0 Å². The highest BCUT2D eigenvalue weighted by Gasteiger charge is 2.10. The molecule has 1 N–H and O–H groups in total. The Balaban J connectivity index is 1.99. The average Bonchev–Trinajstić information content (AvgIpc) is 2.50. The number of nitrogens with one attached hydrogen (secondary N) is 1. The Hall–Kier alpha value is -1.51. The molecular formula is C17H20ClNO. The van der Waals surface area contributed by atoms with Crippen LogP contribution in [0.25, 0.3) is 0 Å². The van der Waals surface area contributed by atoms with Crippen LogP contribution < -0.4 is 10.1 Å². The number of hydrogen-bond donors (Lipinski definition) is 1. The molecule has 2 aromatic carbocycles. The van der Waals surface area contributed by atoms with Gasteiger partial charge in [-0.05, 0) is 48.9 Å². The first-order chi connectivity index (χ1) is 9.72. The molecule has 0 saturated heterocycles. The van der Waals surface area contributed by atoms with E-state index in [2.05, 4.69) is 36.5 Å². The molecule has 0 amide bonds. The molecule has 2 nitrogen and oxygen atoms in total. The van der Waals surface area contributed by atoms with Crippen molar-refractivity contribution < 1.29 is 4.74 Å². The summed E-state index contributed by atoms with van der Waals surface area (Å²) >= 11 is 5.86. The van der Waals surface area contributed by atoms with Crippen molar-refractivity contribution in [2.45, 2.75) is 19.4 Å². The third-order valence-corrected chi connectivity index (χ3v) is 3.62. The molecular weight excluding hydrogens is 270 g/mol. The first-order valence-corrected chi connectivity index (χ1v) is 7.25. The van der Waals surface area contributed by atoms with Gasteiger partial charge in [0.2, 0.25) is 0 Å². The highest BCUT2D eigenvalue weighted by molar-refractivity contribution is 6.30. The van der Waals surface area contributed by atoms with Crippen molar-refractivity contribution in [2.75, 3.05) is 13.7 Å². The van der Waals surface area contributed by atoms with Crippen molar-refractivity contribution in [3.63, 3.8) is 0 Å². The minimum absolute atomic E-state index is 0.177. The lowest BCUT2D eigenvalue weighted by atomic mass is 10.0. The van der Waals surface area contributed by atoms with Crippen molar-refractivity contribution in [3.05, 3.63) is 64.7 Å². The molecule has 0 aliphatic rings. The van der Waals surface area contributed by atoms with Gasteiger partial charge in [-0.2, -0.15) is 0 Å². The fourth-order valence-electron chi connectivity index (χ4n) is 2.04. The molecule has 0 radical (unpaired) electrons. The summed E-state index contributed by atoms with van der Waals surface area (Å²) in [7, 11) is 1.95. The van der Waals surface area contributed by atoms with E-state index in [4.69, 9.17) is 16.3 Å². The zero-order chi connectivity index (χ0) is 14.4. The van der Waals surface area contributed by atoms with Crippen LogP contribution in [0.1, 0.15) is 24.1 Å². The second-order valence-electron chi connectivity index (χ2n) is 4.70. The normalized spacial score (nSPS) is 12.2. The van der Waals surface area contributed by atoms with E-state index in [1.807, 2.05) is 31.3 Å². The number of rotatable bonds is 6. The maximum Gasteiger partial charge on any atom is 0.119 e. The standard InChI is InChI=1S/C17H20ClNO/c1-3-13-4-6-14(7-5-13)17(19-2)12-20-16-10-8-15(18)9-11-16/h4-11,17,19H,3,12H2,1-2H3. The molecule has 20 heavy (non-hydrogen) atoms. The lowest BCUT2D eigenvalue weighted by Crippen LogP contribution is -2.23. The van der Waals surface area contributed by atoms with Crippen LogP contribution >= 0.6 is 11.6 Å². The Labute approximate surface area is 125 Å². The molecule has 0 heterocycles. The van der Waals surface area contributed by atoms with Gasteiger partial charge in [0.1, 0.15) is 12.4 Å². The highest BCUT2D eigenvalue weighted by atomic mass is 35.5. The summed E-state index contributed by atoms with van der Waals surface area (Å²) in [6, 6.07) is 16.3. The Kier molecular flexibility index (Phi) is 5.45. The molecule has 0 bridgehead atoms. The Morgan fingerprint density at radius 3 is 2.25 bits per heavy atom. The van der Waals surface area contributed by atoms with Crippen molar-refractivity contribution in [1.29, 1.82) is 0 Å². The summed E-state index contributed by atoms with van der Waals surface area (Å²) in [4.78, 5) is 0. The van der Waals surface area contributed by atoms with Gasteiger partial charge < -0.3 is 10.1 Å². The van der Waals surface area contributed by atoms with Crippen molar-refractivity contribution in [3.8, 4) is 5.75 Å². The average molecular weight is 290 g/mol. The van der Waals surface area contributed by atoms with Crippen LogP contribution in [0.4, 0.5) is 0 Å². The largest absolute Gasteiger partial charge is 0.492 e. The van der Waals surface area contributed by atoms with E-state index in [0.717, 1.165) is 17.2 Å². The second-order valence-corrected chi connectivity index (χ2v) is 5.14. The number of aryl methyl sites for hydroxylation is 1. The van der Waals surface area contributed by atoms with E-state index >= 15 is 0 Å². The van der Waals surface area contributed by atoms with Crippen LogP contribution in [0.15, 0.2) is 48.5 Å². The molecule has 2 rings (SSSR count). The highest BCUT2D eigenvalue weighted by Crippen LogP contribution is 2.19. The third kappa shape index (κ3) is 3.99. The first kappa shape index (κ1) is 14.9. The van der Waals surface area contributed by atoms with Gasteiger partial charge in [0.15, 0.2) is 0 Å². The Morgan fingerprint density at radius 1 is 1.05 bits per heavy atom. The van der Waals surface area contributed by atoms with E-state index in [-0.39, 0.29) is 6.04 Å². The van der Waals surface area contributed by atoms with Gasteiger partial charge in [-0.3, -0.25) is 0 Å². The van der Waals surface area contributed by atoms with Gasteiger partial charge in [-0.1, -0.05) is 42.8 Å². The fourth-order valence-corrected chi connectivity index (χ4v) is 2.17. The lowest BCUT2D eigenvalue weighted by molar-refractivity contribution is 0.273. The van der Waals surface area contributed by atoms with Crippen molar-refractivity contribution >= 4 is 11.6 Å². The molecule has 1 unspecified atom stereocenters. The van der Waals surface area contributed by atoms with Crippen LogP contribution in [-0.2, 0) is 6.42 Å². The monoisotopic (exact) mass is 289 g/mol. The number of halogens is 1. The number of hydrogen-bond acceptors (Lipinski definition) is 2. The van der Waals surface area contributed by atoms with E-state index in [1.54, 1.807) is 0 Å². The third-order valence-electron chi connectivity index (χ3n) is 3.37. The summed E-state index contributed by atoms with van der Waals surface area (Å²) < 4.78 is 5.80. The molecule has 0 aliphatic carbocycles. The summed E-state index contributed by atoms with van der Waals surface area (Å²) in [6.07, 6.45) is 1.06. The van der Waals surface area contributed by atoms with Gasteiger partial charge in [0, 0.05) is 5.02 Å². The predicted molar refractivity (Wildman–Crippen MR) is 84.6 cm³/mol. The summed E-state index contributed by atoms with van der Waals surface area (Å²) in [5.41, 5.74) is 2.58. The van der Waals surface area contributed by atoms with Crippen LogP contribution in [0.2, 0.25) is 5.02 Å². The molecule has 3 heteroatoms. The molecule has 1 atom stereocenters. The van der Waals surface area contributed by atoms with Crippen LogP contribution in [-0.4, -0.2) is 13.7 Å². The maximum absolute atomic E-state index is 5.86. The molecule has 0 spiro atoms. The minimum atomic E-state index is 0.177. The Bertz CT molecular complexity index is 522. The minimum Gasteiger partial charge on any atom is -0.492 e. The van der Waals surface area contributed by atoms with Gasteiger partial charge in [0.05, 0.1) is 6.04 Å². The smallest absolute Gasteiger partial charge is 0.119 e. The van der Waals surface area contributed by atoms with Gasteiger partial charge in [-0.15, -0.1) is 0 Å².